The van der Waals surface area contributed by atoms with Crippen molar-refractivity contribution in [3.8, 4) is 17.0 Å². The van der Waals surface area contributed by atoms with Gasteiger partial charge in [0.05, 0.1) is 5.69 Å². The Morgan fingerprint density at radius 2 is 1.89 bits per heavy atom. The molecule has 9 heteroatoms. The molecule has 0 saturated heterocycles. The predicted molar refractivity (Wildman–Crippen MR) is 127 cm³/mol. The first-order valence-corrected chi connectivity index (χ1v) is 11.3. The lowest BCUT2D eigenvalue weighted by atomic mass is 9.90. The van der Waals surface area contributed by atoms with Crippen LogP contribution in [-0.4, -0.2) is 47.6 Å². The lowest BCUT2D eigenvalue weighted by Crippen LogP contribution is -2.17. The Morgan fingerprint density at radius 3 is 2.51 bits per heavy atom. The minimum absolute atomic E-state index is 0.286. The number of dihydropyridines is 1. The van der Waals surface area contributed by atoms with Crippen molar-refractivity contribution in [2.45, 2.75) is 32.7 Å². The molecule has 184 valence electrons. The van der Waals surface area contributed by atoms with Crippen molar-refractivity contribution in [3.63, 3.8) is 0 Å². The zero-order valence-electron chi connectivity index (χ0n) is 19.8. The highest BCUT2D eigenvalue weighted by Crippen LogP contribution is 2.28. The van der Waals surface area contributed by atoms with Gasteiger partial charge in [0.1, 0.15) is 23.4 Å². The normalized spacial score (nSPS) is 16.3. The van der Waals surface area contributed by atoms with Crippen LogP contribution in [0.25, 0.3) is 11.3 Å². The van der Waals surface area contributed by atoms with E-state index in [4.69, 9.17) is 4.42 Å². The number of halogens is 3. The zero-order valence-corrected chi connectivity index (χ0v) is 19.8. The fraction of sp³-hybridized carbons (Fsp3) is 0.346. The topological polar surface area (TPSA) is 63.8 Å². The van der Waals surface area contributed by atoms with Gasteiger partial charge in [-0.3, -0.25) is 9.98 Å². The molecule has 0 bridgehead atoms. The van der Waals surface area contributed by atoms with Gasteiger partial charge in [0.25, 0.3) is 0 Å². The molecule has 2 aromatic heterocycles. The van der Waals surface area contributed by atoms with Crippen LogP contribution in [-0.2, 0) is 13.0 Å². The van der Waals surface area contributed by atoms with Gasteiger partial charge >= 0.3 is 6.36 Å². The molecule has 3 heterocycles. The van der Waals surface area contributed by atoms with Gasteiger partial charge in [-0.05, 0) is 81.7 Å². The summed E-state index contributed by atoms with van der Waals surface area (Å²) in [7, 11) is 4.05. The van der Waals surface area contributed by atoms with Gasteiger partial charge in [-0.25, -0.2) is 4.98 Å². The monoisotopic (exact) mass is 484 g/mol. The maximum absolute atomic E-state index is 12.3. The van der Waals surface area contributed by atoms with E-state index in [1.807, 2.05) is 26.4 Å². The second kappa shape index (κ2) is 10.4. The van der Waals surface area contributed by atoms with E-state index in [0.29, 0.717) is 35.3 Å². The first kappa shape index (κ1) is 24.7. The lowest BCUT2D eigenvalue weighted by Gasteiger charge is -2.20. The average molecular weight is 485 g/mol. The molecule has 0 fully saturated rings. The Labute approximate surface area is 202 Å². The molecule has 1 atom stereocenters. The van der Waals surface area contributed by atoms with E-state index in [2.05, 4.69) is 43.7 Å². The molecule has 0 radical (unpaired) electrons. The summed E-state index contributed by atoms with van der Waals surface area (Å²) in [5.74, 6) is 0.427. The molecular weight excluding hydrogens is 457 g/mol. The Bertz CT molecular complexity index is 1200. The summed E-state index contributed by atoms with van der Waals surface area (Å²) in [5, 5.41) is 0. The van der Waals surface area contributed by atoms with E-state index in [0.717, 1.165) is 25.1 Å². The fourth-order valence-corrected chi connectivity index (χ4v) is 3.89. The number of aromatic nitrogens is 2. The summed E-state index contributed by atoms with van der Waals surface area (Å²) in [6, 6.07) is 9.71. The molecule has 0 N–H and O–H groups in total. The number of alkyl halides is 3. The van der Waals surface area contributed by atoms with E-state index in [9.17, 15) is 13.2 Å². The minimum Gasteiger partial charge on any atom is -0.443 e. The zero-order chi connectivity index (χ0) is 25.0. The van der Waals surface area contributed by atoms with Gasteiger partial charge in [-0.2, -0.15) is 0 Å². The second-order valence-electron chi connectivity index (χ2n) is 8.86. The van der Waals surface area contributed by atoms with E-state index >= 15 is 0 Å². The Kier molecular flexibility index (Phi) is 7.35. The summed E-state index contributed by atoms with van der Waals surface area (Å²) in [4.78, 5) is 15.8. The first-order chi connectivity index (χ1) is 16.7. The van der Waals surface area contributed by atoms with Crippen LogP contribution in [0.3, 0.4) is 0 Å². The van der Waals surface area contributed by atoms with Crippen LogP contribution in [0.4, 0.5) is 13.2 Å². The summed E-state index contributed by atoms with van der Waals surface area (Å²) in [5.41, 5.74) is 5.27. The Morgan fingerprint density at radius 1 is 1.11 bits per heavy atom. The smallest absolute Gasteiger partial charge is 0.443 e. The van der Waals surface area contributed by atoms with Crippen LogP contribution in [0.15, 0.2) is 69.9 Å². The maximum atomic E-state index is 12.3. The Hall–Kier alpha value is -3.46. The number of hydrogen-bond donors (Lipinski definition) is 0. The minimum atomic E-state index is -4.72. The van der Waals surface area contributed by atoms with E-state index in [-0.39, 0.29) is 5.75 Å². The number of pyridine rings is 1. The fourth-order valence-electron chi connectivity index (χ4n) is 3.89. The average Bonchev–Trinajstić information content (AvgIpc) is 3.29. The van der Waals surface area contributed by atoms with Crippen molar-refractivity contribution in [2.75, 3.05) is 20.6 Å². The molecule has 1 unspecified atom stereocenters. The highest BCUT2D eigenvalue weighted by Gasteiger charge is 2.31. The largest absolute Gasteiger partial charge is 0.573 e. The third-order valence-electron chi connectivity index (χ3n) is 5.74. The highest BCUT2D eigenvalue weighted by atomic mass is 19.4. The molecular formula is C26H27F3N4O2. The van der Waals surface area contributed by atoms with Crippen molar-refractivity contribution < 1.29 is 22.3 Å². The summed E-state index contributed by atoms with van der Waals surface area (Å²) in [6.45, 7) is 3.55. The van der Waals surface area contributed by atoms with Crippen molar-refractivity contribution in [1.29, 1.82) is 0 Å². The number of rotatable bonds is 8. The summed E-state index contributed by atoms with van der Waals surface area (Å²) >= 11 is 0. The number of aryl methyl sites for hydroxylation is 1. The van der Waals surface area contributed by atoms with Gasteiger partial charge in [0.2, 0.25) is 5.89 Å². The molecule has 6 nitrogen and oxygen atoms in total. The molecule has 1 aliphatic rings. The number of benzene rings is 1. The lowest BCUT2D eigenvalue weighted by molar-refractivity contribution is -0.274. The Balaban J connectivity index is 1.35. The molecule has 4 rings (SSSR count). The molecule has 0 amide bonds. The van der Waals surface area contributed by atoms with Crippen LogP contribution < -0.4 is 4.74 Å². The number of aliphatic imine (C=N–C) groups is 1. The third-order valence-corrected chi connectivity index (χ3v) is 5.74. The van der Waals surface area contributed by atoms with E-state index < -0.39 is 6.36 Å². The van der Waals surface area contributed by atoms with Gasteiger partial charge in [-0.1, -0.05) is 11.6 Å². The quantitative estimate of drug-likeness (QED) is 0.411. The predicted octanol–water partition coefficient (Wildman–Crippen LogP) is 5.69. The van der Waals surface area contributed by atoms with Crippen LogP contribution in [0.2, 0.25) is 0 Å². The molecule has 35 heavy (non-hydrogen) atoms. The molecule has 1 aliphatic heterocycles. The van der Waals surface area contributed by atoms with Gasteiger partial charge in [-0.15, -0.1) is 13.2 Å². The van der Waals surface area contributed by atoms with E-state index in [1.54, 1.807) is 0 Å². The number of allylic oxidation sites excluding steroid dienone is 1. The summed E-state index contributed by atoms with van der Waals surface area (Å²) < 4.78 is 46.6. The molecule has 0 aliphatic carbocycles. The van der Waals surface area contributed by atoms with Gasteiger partial charge in [0.15, 0.2) is 0 Å². The second-order valence-corrected chi connectivity index (χ2v) is 8.86. The number of ether oxygens (including phenoxy) is 1. The van der Waals surface area contributed by atoms with Gasteiger partial charge in [0, 0.05) is 24.8 Å². The highest BCUT2D eigenvalue weighted by molar-refractivity contribution is 6.06. The molecule has 3 aromatic rings. The number of hydrogen-bond acceptors (Lipinski definition) is 6. The van der Waals surface area contributed by atoms with Crippen molar-refractivity contribution in [1.82, 2.24) is 14.9 Å². The van der Waals surface area contributed by atoms with Crippen LogP contribution in [0, 0.1) is 5.92 Å². The van der Waals surface area contributed by atoms with Gasteiger partial charge < -0.3 is 14.1 Å². The van der Waals surface area contributed by atoms with Crippen LogP contribution in [0.5, 0.6) is 5.75 Å². The molecule has 0 spiro atoms. The van der Waals surface area contributed by atoms with Crippen molar-refractivity contribution in [3.05, 3.63) is 77.7 Å². The number of oxazole rings is 1. The first-order valence-electron chi connectivity index (χ1n) is 11.3. The molecule has 1 aromatic carbocycles. The SMILES string of the molecule is CC1=CC(c2nc(-c3ccc(OC(F)(F)F)cc3)co2)=NCC1CCc1ccc(CN(C)C)nc1. The van der Waals surface area contributed by atoms with Crippen LogP contribution in [0.1, 0.15) is 30.5 Å². The van der Waals surface area contributed by atoms with Crippen LogP contribution >= 0.6 is 0 Å². The van der Waals surface area contributed by atoms with E-state index in [1.165, 1.54) is 41.7 Å². The van der Waals surface area contributed by atoms with Crippen molar-refractivity contribution in [2.24, 2.45) is 10.9 Å². The standard InChI is InChI=1S/C26H27F3N4O2/c1-17-12-23(31-14-20(17)6-4-18-5-9-21(30-13-18)15-33(2)3)25-32-24(16-34-25)19-7-10-22(11-8-19)35-26(27,28)29/h5,7-13,16,20H,4,6,14-15H2,1-3H3. The maximum Gasteiger partial charge on any atom is 0.573 e. The third kappa shape index (κ3) is 6.79. The molecule has 0 saturated carbocycles. The summed E-state index contributed by atoms with van der Waals surface area (Å²) in [6.07, 6.45) is 2.58. The van der Waals surface area contributed by atoms with Crippen molar-refractivity contribution >= 4 is 5.71 Å². The number of nitrogens with zero attached hydrogens (tertiary/aromatic N) is 4.